The predicted octanol–water partition coefficient (Wildman–Crippen LogP) is 2.04. The third-order valence-corrected chi connectivity index (χ3v) is 5.34. The summed E-state index contributed by atoms with van der Waals surface area (Å²) < 4.78 is 1.61. The first-order chi connectivity index (χ1) is 10.9. The van der Waals surface area contributed by atoms with Gasteiger partial charge in [-0.1, -0.05) is 0 Å². The first-order valence-electron chi connectivity index (χ1n) is 7.50. The van der Waals surface area contributed by atoms with Gasteiger partial charge in [-0.3, -0.25) is 10.1 Å². The van der Waals surface area contributed by atoms with Crippen LogP contribution in [0.2, 0.25) is 0 Å². The van der Waals surface area contributed by atoms with E-state index in [0.29, 0.717) is 11.5 Å². The molecule has 0 bridgehead atoms. The van der Waals surface area contributed by atoms with Gasteiger partial charge in [-0.05, 0) is 20.8 Å². The van der Waals surface area contributed by atoms with Crippen LogP contribution in [0.1, 0.15) is 16.3 Å². The van der Waals surface area contributed by atoms with Gasteiger partial charge in [0.15, 0.2) is 5.13 Å². The highest BCUT2D eigenvalue weighted by molar-refractivity contribution is 7.15. The Morgan fingerprint density at radius 2 is 1.70 bits per heavy atom. The summed E-state index contributed by atoms with van der Waals surface area (Å²) in [6.45, 7) is 8.82. The van der Waals surface area contributed by atoms with E-state index in [2.05, 4.69) is 21.9 Å². The van der Waals surface area contributed by atoms with E-state index in [1.807, 2.05) is 11.8 Å². The lowest BCUT2D eigenvalue weighted by atomic mass is 10.3. The van der Waals surface area contributed by atoms with Gasteiger partial charge in [0.2, 0.25) is 5.82 Å². The van der Waals surface area contributed by atoms with Crippen molar-refractivity contribution in [2.24, 2.45) is 7.05 Å². The summed E-state index contributed by atoms with van der Waals surface area (Å²) in [5.41, 5.74) is 1.65. The van der Waals surface area contributed by atoms with E-state index in [9.17, 15) is 10.1 Å². The average Bonchev–Trinajstić information content (AvgIpc) is 2.98. The van der Waals surface area contributed by atoms with Crippen molar-refractivity contribution >= 4 is 28.0 Å². The van der Waals surface area contributed by atoms with Crippen LogP contribution >= 0.6 is 11.3 Å². The highest BCUT2D eigenvalue weighted by Gasteiger charge is 2.31. The maximum Gasteiger partial charge on any atom is 0.333 e. The molecule has 3 heterocycles. The lowest BCUT2D eigenvalue weighted by molar-refractivity contribution is -0.384. The number of hydrogen-bond acceptors (Lipinski definition) is 7. The van der Waals surface area contributed by atoms with E-state index in [1.54, 1.807) is 30.0 Å². The summed E-state index contributed by atoms with van der Waals surface area (Å²) in [6, 6.07) is 0. The minimum atomic E-state index is -0.336. The van der Waals surface area contributed by atoms with Crippen LogP contribution < -0.4 is 9.80 Å². The molecule has 1 aliphatic rings. The Morgan fingerprint density at radius 1 is 1.09 bits per heavy atom. The quantitative estimate of drug-likeness (QED) is 0.630. The Kier molecular flexibility index (Phi) is 3.97. The van der Waals surface area contributed by atoms with Crippen molar-refractivity contribution in [3.8, 4) is 0 Å². The monoisotopic (exact) mass is 336 g/mol. The van der Waals surface area contributed by atoms with E-state index >= 15 is 0 Å². The SMILES string of the molecule is Cc1nc(N2CCN(c3c([N+](=O)[O-])c(C)nn3C)CC2)sc1C. The number of rotatable bonds is 3. The number of hydrogen-bond donors (Lipinski definition) is 0. The molecule has 3 rings (SSSR count). The fourth-order valence-corrected chi connectivity index (χ4v) is 3.87. The van der Waals surface area contributed by atoms with Gasteiger partial charge >= 0.3 is 5.69 Å². The maximum absolute atomic E-state index is 11.3. The normalized spacial score (nSPS) is 15.3. The Balaban J connectivity index is 1.78. The molecule has 8 nitrogen and oxygen atoms in total. The molecule has 0 saturated carbocycles. The number of aryl methyl sites for hydroxylation is 4. The number of thiazole rings is 1. The van der Waals surface area contributed by atoms with Crippen LogP contribution in [0.15, 0.2) is 0 Å². The van der Waals surface area contributed by atoms with Gasteiger partial charge in [0.1, 0.15) is 5.69 Å². The number of aromatic nitrogens is 3. The molecular formula is C14H20N6O2S. The fraction of sp³-hybridized carbons (Fsp3) is 0.571. The van der Waals surface area contributed by atoms with E-state index in [-0.39, 0.29) is 10.6 Å². The average molecular weight is 336 g/mol. The second-order valence-corrected chi connectivity index (χ2v) is 6.93. The Bertz CT molecular complexity index is 725. The van der Waals surface area contributed by atoms with Gasteiger partial charge in [-0.25, -0.2) is 9.67 Å². The van der Waals surface area contributed by atoms with Gasteiger partial charge in [0, 0.05) is 38.1 Å². The number of piperazine rings is 1. The Morgan fingerprint density at radius 3 is 2.22 bits per heavy atom. The zero-order valence-corrected chi connectivity index (χ0v) is 14.6. The molecule has 0 atom stereocenters. The maximum atomic E-state index is 11.3. The lowest BCUT2D eigenvalue weighted by Gasteiger charge is -2.35. The van der Waals surface area contributed by atoms with E-state index in [4.69, 9.17) is 0 Å². The third-order valence-electron chi connectivity index (χ3n) is 4.21. The molecule has 0 spiro atoms. The minimum absolute atomic E-state index is 0.113. The third kappa shape index (κ3) is 2.76. The van der Waals surface area contributed by atoms with Crippen molar-refractivity contribution in [2.45, 2.75) is 20.8 Å². The van der Waals surface area contributed by atoms with Gasteiger partial charge in [-0.2, -0.15) is 5.10 Å². The molecule has 9 heteroatoms. The van der Waals surface area contributed by atoms with Gasteiger partial charge in [0.05, 0.1) is 10.6 Å². The van der Waals surface area contributed by atoms with Crippen LogP contribution in [-0.2, 0) is 7.05 Å². The number of anilines is 2. The molecule has 0 amide bonds. The summed E-state index contributed by atoms with van der Waals surface area (Å²) in [5, 5.41) is 16.6. The zero-order valence-electron chi connectivity index (χ0n) is 13.7. The summed E-state index contributed by atoms with van der Waals surface area (Å²) >= 11 is 1.70. The molecule has 0 aromatic carbocycles. The first kappa shape index (κ1) is 15.7. The van der Waals surface area contributed by atoms with Crippen molar-refractivity contribution in [3.63, 3.8) is 0 Å². The number of nitro groups is 1. The molecule has 2 aromatic rings. The highest BCUT2D eigenvalue weighted by atomic mass is 32.1. The summed E-state index contributed by atoms with van der Waals surface area (Å²) in [6.07, 6.45) is 0. The second-order valence-electron chi connectivity index (χ2n) is 5.75. The molecule has 23 heavy (non-hydrogen) atoms. The topological polar surface area (TPSA) is 80.3 Å². The van der Waals surface area contributed by atoms with Crippen LogP contribution in [-0.4, -0.2) is 45.9 Å². The molecule has 1 fully saturated rings. The Labute approximate surface area is 138 Å². The first-order valence-corrected chi connectivity index (χ1v) is 8.32. The van der Waals surface area contributed by atoms with Gasteiger partial charge < -0.3 is 9.80 Å². The molecular weight excluding hydrogens is 316 g/mol. The van der Waals surface area contributed by atoms with Crippen molar-refractivity contribution in [1.82, 2.24) is 14.8 Å². The van der Waals surface area contributed by atoms with Crippen molar-refractivity contribution in [3.05, 3.63) is 26.4 Å². The molecule has 2 aromatic heterocycles. The molecule has 0 radical (unpaired) electrons. The predicted molar refractivity (Wildman–Crippen MR) is 90.6 cm³/mol. The Hall–Kier alpha value is -2.16. The molecule has 0 unspecified atom stereocenters. The van der Waals surface area contributed by atoms with Crippen molar-refractivity contribution in [1.29, 1.82) is 0 Å². The molecule has 0 aliphatic carbocycles. The van der Waals surface area contributed by atoms with Crippen LogP contribution in [0.5, 0.6) is 0 Å². The zero-order chi connectivity index (χ0) is 16.7. The second kappa shape index (κ2) is 5.80. The van der Waals surface area contributed by atoms with Crippen molar-refractivity contribution in [2.75, 3.05) is 36.0 Å². The summed E-state index contributed by atoms with van der Waals surface area (Å²) in [4.78, 5) is 21.1. The van der Waals surface area contributed by atoms with Gasteiger partial charge in [0.25, 0.3) is 0 Å². The minimum Gasteiger partial charge on any atom is -0.348 e. The molecule has 124 valence electrons. The summed E-state index contributed by atoms with van der Waals surface area (Å²) in [5.74, 6) is 0.596. The van der Waals surface area contributed by atoms with Crippen LogP contribution in [0.25, 0.3) is 0 Å². The molecule has 1 aliphatic heterocycles. The highest BCUT2D eigenvalue weighted by Crippen LogP contribution is 2.32. The van der Waals surface area contributed by atoms with Crippen LogP contribution in [0, 0.1) is 30.9 Å². The molecule has 1 saturated heterocycles. The van der Waals surface area contributed by atoms with E-state index in [1.165, 1.54) is 4.88 Å². The largest absolute Gasteiger partial charge is 0.348 e. The smallest absolute Gasteiger partial charge is 0.333 e. The number of nitrogens with zero attached hydrogens (tertiary/aromatic N) is 6. The standard InChI is InChI=1S/C14H20N6O2S/c1-9-11(3)23-14(15-9)19-7-5-18(6-8-19)13-12(20(21)22)10(2)16-17(13)4/h5-8H2,1-4H3. The van der Waals surface area contributed by atoms with Gasteiger partial charge in [-0.15, -0.1) is 11.3 Å². The van der Waals surface area contributed by atoms with E-state index < -0.39 is 0 Å². The van der Waals surface area contributed by atoms with Crippen LogP contribution in [0.3, 0.4) is 0 Å². The van der Waals surface area contributed by atoms with Crippen molar-refractivity contribution < 1.29 is 4.92 Å². The summed E-state index contributed by atoms with van der Waals surface area (Å²) in [7, 11) is 1.76. The lowest BCUT2D eigenvalue weighted by Crippen LogP contribution is -2.47. The van der Waals surface area contributed by atoms with Crippen LogP contribution in [0.4, 0.5) is 16.6 Å². The molecule has 0 N–H and O–H groups in total. The van der Waals surface area contributed by atoms with E-state index in [0.717, 1.165) is 37.0 Å². The fourth-order valence-electron chi connectivity index (χ4n) is 2.90.